The van der Waals surface area contributed by atoms with E-state index in [1.165, 1.54) is 12.8 Å². The summed E-state index contributed by atoms with van der Waals surface area (Å²) in [5, 5.41) is 0. The van der Waals surface area contributed by atoms with E-state index in [1.54, 1.807) is 0 Å². The Morgan fingerprint density at radius 3 is 2.44 bits per heavy atom. The fourth-order valence-electron chi connectivity index (χ4n) is 2.89. The fraction of sp³-hybridized carbons (Fsp3) is 1.00. The normalized spacial score (nSPS) is 32.1. The molecule has 0 aromatic carbocycles. The number of ether oxygens (including phenoxy) is 2. The zero-order chi connectivity index (χ0) is 11.6. The smallest absolute Gasteiger partial charge is 0.0817 e. The molecule has 3 nitrogen and oxygen atoms in total. The number of hydrogen-bond acceptors (Lipinski definition) is 3. The van der Waals surface area contributed by atoms with Gasteiger partial charge in [-0.25, -0.2) is 0 Å². The molecule has 0 radical (unpaired) electrons. The van der Waals surface area contributed by atoms with Crippen LogP contribution in [0.1, 0.15) is 52.4 Å². The standard InChI is InChI=1S/C13H25NO2/c1-12(2)8-5-11(16-12)9-15-13(10-14)6-3-4-7-13/h11H,3-10,14H2,1-2H3. The van der Waals surface area contributed by atoms with Crippen LogP contribution in [0.5, 0.6) is 0 Å². The summed E-state index contributed by atoms with van der Waals surface area (Å²) in [4.78, 5) is 0. The molecule has 0 bridgehead atoms. The van der Waals surface area contributed by atoms with Crippen LogP contribution in [0.15, 0.2) is 0 Å². The minimum atomic E-state index is -0.0317. The Bertz CT molecular complexity index is 234. The van der Waals surface area contributed by atoms with Gasteiger partial charge >= 0.3 is 0 Å². The van der Waals surface area contributed by atoms with Crippen LogP contribution in [0.25, 0.3) is 0 Å². The maximum absolute atomic E-state index is 6.07. The summed E-state index contributed by atoms with van der Waals surface area (Å²) in [6, 6.07) is 0. The minimum absolute atomic E-state index is 0.0317. The van der Waals surface area contributed by atoms with Crippen LogP contribution >= 0.6 is 0 Å². The molecule has 0 amide bonds. The van der Waals surface area contributed by atoms with Crippen LogP contribution in [-0.2, 0) is 9.47 Å². The molecular weight excluding hydrogens is 202 g/mol. The summed E-state index contributed by atoms with van der Waals surface area (Å²) in [6.45, 7) is 5.69. The van der Waals surface area contributed by atoms with Crippen LogP contribution in [0, 0.1) is 0 Å². The van der Waals surface area contributed by atoms with E-state index >= 15 is 0 Å². The molecule has 3 heteroatoms. The lowest BCUT2D eigenvalue weighted by molar-refractivity contribution is -0.102. The summed E-state index contributed by atoms with van der Waals surface area (Å²) in [6.07, 6.45) is 7.30. The highest BCUT2D eigenvalue weighted by molar-refractivity contribution is 4.88. The van der Waals surface area contributed by atoms with E-state index in [0.29, 0.717) is 6.54 Å². The quantitative estimate of drug-likeness (QED) is 0.801. The van der Waals surface area contributed by atoms with Crippen molar-refractivity contribution in [3.05, 3.63) is 0 Å². The first-order chi connectivity index (χ1) is 7.55. The van der Waals surface area contributed by atoms with Gasteiger partial charge in [-0.1, -0.05) is 12.8 Å². The van der Waals surface area contributed by atoms with Gasteiger partial charge in [0.1, 0.15) is 0 Å². The van der Waals surface area contributed by atoms with E-state index in [1.807, 2.05) is 0 Å². The van der Waals surface area contributed by atoms with E-state index in [-0.39, 0.29) is 17.3 Å². The van der Waals surface area contributed by atoms with E-state index in [2.05, 4.69) is 13.8 Å². The molecule has 1 aliphatic heterocycles. The van der Waals surface area contributed by atoms with Gasteiger partial charge in [0, 0.05) is 6.54 Å². The lowest BCUT2D eigenvalue weighted by atomic mass is 10.0. The first-order valence-corrected chi connectivity index (χ1v) is 6.57. The van der Waals surface area contributed by atoms with Crippen molar-refractivity contribution in [3.63, 3.8) is 0 Å². The minimum Gasteiger partial charge on any atom is -0.371 e. The summed E-state index contributed by atoms with van der Waals surface area (Å²) in [5.74, 6) is 0. The Kier molecular flexibility index (Phi) is 3.57. The molecule has 1 atom stereocenters. The zero-order valence-electron chi connectivity index (χ0n) is 10.6. The molecule has 1 heterocycles. The zero-order valence-corrected chi connectivity index (χ0v) is 10.6. The Morgan fingerprint density at radius 1 is 1.25 bits per heavy atom. The van der Waals surface area contributed by atoms with Crippen molar-refractivity contribution >= 4 is 0 Å². The van der Waals surface area contributed by atoms with Gasteiger partial charge in [-0.3, -0.25) is 0 Å². The lowest BCUT2D eigenvalue weighted by Gasteiger charge is -2.29. The van der Waals surface area contributed by atoms with Crippen molar-refractivity contribution in [3.8, 4) is 0 Å². The summed E-state index contributed by atoms with van der Waals surface area (Å²) >= 11 is 0. The third-order valence-corrected chi connectivity index (χ3v) is 4.02. The van der Waals surface area contributed by atoms with Crippen molar-refractivity contribution in [2.75, 3.05) is 13.2 Å². The monoisotopic (exact) mass is 227 g/mol. The fourth-order valence-corrected chi connectivity index (χ4v) is 2.89. The van der Waals surface area contributed by atoms with E-state index in [9.17, 15) is 0 Å². The van der Waals surface area contributed by atoms with Gasteiger partial charge < -0.3 is 15.2 Å². The Labute approximate surface area is 98.7 Å². The van der Waals surface area contributed by atoms with Crippen LogP contribution in [0.3, 0.4) is 0 Å². The van der Waals surface area contributed by atoms with Gasteiger partial charge in [-0.05, 0) is 39.5 Å². The maximum Gasteiger partial charge on any atom is 0.0817 e. The molecule has 0 aromatic heterocycles. The van der Waals surface area contributed by atoms with Crippen molar-refractivity contribution in [2.45, 2.75) is 69.7 Å². The average Bonchev–Trinajstić information content (AvgIpc) is 2.83. The van der Waals surface area contributed by atoms with E-state index in [4.69, 9.17) is 15.2 Å². The molecule has 2 aliphatic rings. The summed E-state index contributed by atoms with van der Waals surface area (Å²) < 4.78 is 12.0. The first kappa shape index (κ1) is 12.3. The second kappa shape index (κ2) is 4.63. The number of hydrogen-bond donors (Lipinski definition) is 1. The molecule has 1 unspecified atom stereocenters. The van der Waals surface area contributed by atoms with E-state index in [0.717, 1.165) is 32.3 Å². The second-order valence-corrected chi connectivity index (χ2v) is 5.94. The van der Waals surface area contributed by atoms with E-state index < -0.39 is 0 Å². The van der Waals surface area contributed by atoms with Gasteiger partial charge in [-0.15, -0.1) is 0 Å². The Morgan fingerprint density at radius 2 is 1.94 bits per heavy atom. The maximum atomic E-state index is 6.07. The molecule has 0 aromatic rings. The predicted molar refractivity (Wildman–Crippen MR) is 64.4 cm³/mol. The molecule has 1 saturated heterocycles. The second-order valence-electron chi connectivity index (χ2n) is 5.94. The van der Waals surface area contributed by atoms with Gasteiger partial charge in [0.15, 0.2) is 0 Å². The highest BCUT2D eigenvalue weighted by atomic mass is 16.6. The van der Waals surface area contributed by atoms with Crippen LogP contribution in [0.4, 0.5) is 0 Å². The van der Waals surface area contributed by atoms with Gasteiger partial charge in [0.05, 0.1) is 23.9 Å². The van der Waals surface area contributed by atoms with Crippen LogP contribution in [-0.4, -0.2) is 30.5 Å². The molecule has 94 valence electrons. The van der Waals surface area contributed by atoms with Crippen molar-refractivity contribution < 1.29 is 9.47 Å². The summed E-state index contributed by atoms with van der Waals surface area (Å²) in [5.41, 5.74) is 5.85. The van der Waals surface area contributed by atoms with Gasteiger partial charge in [-0.2, -0.15) is 0 Å². The van der Waals surface area contributed by atoms with Crippen molar-refractivity contribution in [1.29, 1.82) is 0 Å². The predicted octanol–water partition coefficient (Wildman–Crippen LogP) is 2.23. The van der Waals surface area contributed by atoms with Gasteiger partial charge in [0.2, 0.25) is 0 Å². The highest BCUT2D eigenvalue weighted by Gasteiger charge is 2.37. The molecule has 2 N–H and O–H groups in total. The molecule has 1 aliphatic carbocycles. The third-order valence-electron chi connectivity index (χ3n) is 4.02. The lowest BCUT2D eigenvalue weighted by Crippen LogP contribution is -2.40. The molecule has 0 spiro atoms. The largest absolute Gasteiger partial charge is 0.371 e. The van der Waals surface area contributed by atoms with Crippen LogP contribution < -0.4 is 5.73 Å². The average molecular weight is 227 g/mol. The SMILES string of the molecule is CC1(C)CCC(COC2(CN)CCCC2)O1. The topological polar surface area (TPSA) is 44.5 Å². The van der Waals surface area contributed by atoms with Gasteiger partial charge in [0.25, 0.3) is 0 Å². The summed E-state index contributed by atoms with van der Waals surface area (Å²) in [7, 11) is 0. The Hall–Kier alpha value is -0.120. The van der Waals surface area contributed by atoms with Crippen LogP contribution in [0.2, 0.25) is 0 Å². The van der Waals surface area contributed by atoms with Crippen molar-refractivity contribution in [1.82, 2.24) is 0 Å². The molecule has 2 fully saturated rings. The third kappa shape index (κ3) is 2.76. The highest BCUT2D eigenvalue weighted by Crippen LogP contribution is 2.34. The number of rotatable bonds is 4. The molecule has 1 saturated carbocycles. The molecule has 16 heavy (non-hydrogen) atoms. The number of nitrogens with two attached hydrogens (primary N) is 1. The van der Waals surface area contributed by atoms with Crippen molar-refractivity contribution in [2.24, 2.45) is 5.73 Å². The molecular formula is C13H25NO2. The molecule has 2 rings (SSSR count). The Balaban J connectivity index is 1.79. The first-order valence-electron chi connectivity index (χ1n) is 6.57.